The summed E-state index contributed by atoms with van der Waals surface area (Å²) >= 11 is 0. The zero-order valence-corrected chi connectivity index (χ0v) is 7.77. The van der Waals surface area contributed by atoms with E-state index < -0.39 is 0 Å². The van der Waals surface area contributed by atoms with Gasteiger partial charge in [0.25, 0.3) is 0 Å². The molecule has 0 bridgehead atoms. The van der Waals surface area contributed by atoms with Crippen LogP contribution in [0.2, 0.25) is 0 Å². The summed E-state index contributed by atoms with van der Waals surface area (Å²) in [7, 11) is 0. The maximum Gasteiger partial charge on any atom is 0.203 e. The monoisotopic (exact) mass is 194 g/mol. The highest BCUT2D eigenvalue weighted by atomic mass is 16.3. The Morgan fingerprint density at radius 2 is 1.86 bits per heavy atom. The molecule has 0 aromatic heterocycles. The third-order valence-electron chi connectivity index (χ3n) is 1.79. The van der Waals surface area contributed by atoms with Crippen LogP contribution in [0.1, 0.15) is 11.1 Å². The molecule has 0 saturated carbocycles. The Hall–Kier alpha value is -1.59. The number of nitrogens with zero attached hydrogens (tertiary/aromatic N) is 1. The summed E-state index contributed by atoms with van der Waals surface area (Å²) < 4.78 is 0. The van der Waals surface area contributed by atoms with Crippen molar-refractivity contribution in [2.75, 3.05) is 0 Å². The topological polar surface area (TPSA) is 96.7 Å². The molecule has 0 spiro atoms. The minimum atomic E-state index is 0.0516. The van der Waals surface area contributed by atoms with E-state index in [1.54, 1.807) is 0 Å². The normalized spacial score (nSPS) is 11.4. The molecule has 6 N–H and O–H groups in total. The van der Waals surface area contributed by atoms with Gasteiger partial charge in [-0.1, -0.05) is 24.3 Å². The number of hydrogen-bond acceptors (Lipinski definition) is 3. The molecule has 0 aliphatic carbocycles. The Kier molecular flexibility index (Phi) is 3.90. The van der Waals surface area contributed by atoms with Crippen molar-refractivity contribution in [1.29, 1.82) is 0 Å². The number of rotatable bonds is 3. The summed E-state index contributed by atoms with van der Waals surface area (Å²) in [5, 5.41) is 8.81. The Bertz CT molecular complexity index is 307. The van der Waals surface area contributed by atoms with Gasteiger partial charge in [-0.05, 0) is 11.1 Å². The molecule has 0 unspecified atom stereocenters. The fourth-order valence-electron chi connectivity index (χ4n) is 0.972. The lowest BCUT2D eigenvalue weighted by Crippen LogP contribution is -2.37. The van der Waals surface area contributed by atoms with Crippen molar-refractivity contribution < 1.29 is 5.11 Å². The molecule has 0 amide bonds. The number of guanidine groups is 1. The first-order valence-electron chi connectivity index (χ1n) is 4.21. The molecular weight excluding hydrogens is 180 g/mol. The smallest absolute Gasteiger partial charge is 0.203 e. The van der Waals surface area contributed by atoms with Crippen LogP contribution in [-0.2, 0) is 13.2 Å². The maximum absolute atomic E-state index is 8.81. The SMILES string of the molecule is NNC(N)=NCc1ccc(CO)cc1. The highest BCUT2D eigenvalue weighted by Crippen LogP contribution is 2.05. The first-order valence-corrected chi connectivity index (χ1v) is 4.21. The average Bonchev–Trinajstić information content (AvgIpc) is 2.26. The second kappa shape index (κ2) is 5.21. The van der Waals surface area contributed by atoms with Crippen molar-refractivity contribution in [1.82, 2.24) is 5.43 Å². The van der Waals surface area contributed by atoms with E-state index in [0.717, 1.165) is 11.1 Å². The second-order valence-corrected chi connectivity index (χ2v) is 2.82. The summed E-state index contributed by atoms with van der Waals surface area (Å²) in [6.07, 6.45) is 0. The van der Waals surface area contributed by atoms with Crippen molar-refractivity contribution in [2.45, 2.75) is 13.2 Å². The molecular formula is C9H14N4O. The van der Waals surface area contributed by atoms with E-state index in [2.05, 4.69) is 10.4 Å². The Morgan fingerprint density at radius 3 is 2.36 bits per heavy atom. The summed E-state index contributed by atoms with van der Waals surface area (Å²) in [5.41, 5.74) is 9.49. The van der Waals surface area contributed by atoms with E-state index in [-0.39, 0.29) is 12.6 Å². The molecule has 76 valence electrons. The fraction of sp³-hybridized carbons (Fsp3) is 0.222. The van der Waals surface area contributed by atoms with Gasteiger partial charge in [0.05, 0.1) is 13.2 Å². The third-order valence-corrected chi connectivity index (χ3v) is 1.79. The van der Waals surface area contributed by atoms with Crippen LogP contribution in [0.4, 0.5) is 0 Å². The molecule has 0 aliphatic heterocycles. The second-order valence-electron chi connectivity index (χ2n) is 2.82. The minimum Gasteiger partial charge on any atom is -0.392 e. The predicted octanol–water partition coefficient (Wildman–Crippen LogP) is -0.543. The molecule has 1 aromatic rings. The van der Waals surface area contributed by atoms with E-state index >= 15 is 0 Å². The van der Waals surface area contributed by atoms with Gasteiger partial charge in [0.1, 0.15) is 0 Å². The van der Waals surface area contributed by atoms with Gasteiger partial charge in [0, 0.05) is 0 Å². The predicted molar refractivity (Wildman–Crippen MR) is 55.0 cm³/mol. The minimum absolute atomic E-state index is 0.0516. The zero-order valence-electron chi connectivity index (χ0n) is 7.77. The molecule has 0 heterocycles. The molecule has 5 heteroatoms. The van der Waals surface area contributed by atoms with Crippen LogP contribution >= 0.6 is 0 Å². The quantitative estimate of drug-likeness (QED) is 0.225. The number of aliphatic hydroxyl groups excluding tert-OH is 1. The Labute approximate surface area is 82.4 Å². The van der Waals surface area contributed by atoms with Gasteiger partial charge in [-0.15, -0.1) is 0 Å². The standard InChI is InChI=1S/C9H14N4O/c10-9(13-11)12-5-7-1-3-8(6-14)4-2-7/h1-4,14H,5-6,11H2,(H3,10,12,13). The number of aliphatic hydroxyl groups is 1. The summed E-state index contributed by atoms with van der Waals surface area (Å²) in [6, 6.07) is 7.46. The number of benzene rings is 1. The number of nitrogens with one attached hydrogen (secondary N) is 1. The number of hydrazine groups is 1. The maximum atomic E-state index is 8.81. The van der Waals surface area contributed by atoms with Gasteiger partial charge in [0.2, 0.25) is 5.96 Å². The Balaban J connectivity index is 2.60. The van der Waals surface area contributed by atoms with Crippen LogP contribution in [0, 0.1) is 0 Å². The van der Waals surface area contributed by atoms with Crippen LogP contribution in [0.25, 0.3) is 0 Å². The van der Waals surface area contributed by atoms with E-state index in [9.17, 15) is 0 Å². The summed E-state index contributed by atoms with van der Waals surface area (Å²) in [5.74, 6) is 5.25. The van der Waals surface area contributed by atoms with Crippen molar-refractivity contribution >= 4 is 5.96 Å². The van der Waals surface area contributed by atoms with Gasteiger partial charge < -0.3 is 10.8 Å². The number of nitrogens with two attached hydrogens (primary N) is 2. The third kappa shape index (κ3) is 3.04. The van der Waals surface area contributed by atoms with Crippen LogP contribution in [0.15, 0.2) is 29.3 Å². The molecule has 1 rings (SSSR count). The van der Waals surface area contributed by atoms with Crippen molar-refractivity contribution in [3.8, 4) is 0 Å². The lowest BCUT2D eigenvalue weighted by atomic mass is 10.1. The van der Waals surface area contributed by atoms with E-state index in [1.165, 1.54) is 0 Å². The van der Waals surface area contributed by atoms with Crippen molar-refractivity contribution in [3.63, 3.8) is 0 Å². The molecule has 5 nitrogen and oxygen atoms in total. The van der Waals surface area contributed by atoms with Gasteiger partial charge in [-0.2, -0.15) is 0 Å². The highest BCUT2D eigenvalue weighted by molar-refractivity contribution is 5.77. The highest BCUT2D eigenvalue weighted by Gasteiger charge is 1.93. The number of aliphatic imine (C=N–C) groups is 1. The van der Waals surface area contributed by atoms with Crippen LogP contribution in [0.5, 0.6) is 0 Å². The van der Waals surface area contributed by atoms with E-state index in [0.29, 0.717) is 6.54 Å². The summed E-state index contributed by atoms with van der Waals surface area (Å²) in [6.45, 7) is 0.526. The molecule has 0 fully saturated rings. The molecule has 0 radical (unpaired) electrons. The molecule has 0 saturated heterocycles. The molecule has 14 heavy (non-hydrogen) atoms. The fourth-order valence-corrected chi connectivity index (χ4v) is 0.972. The first kappa shape index (κ1) is 10.5. The van der Waals surface area contributed by atoms with Crippen LogP contribution in [-0.4, -0.2) is 11.1 Å². The van der Waals surface area contributed by atoms with Crippen molar-refractivity contribution in [2.24, 2.45) is 16.6 Å². The van der Waals surface area contributed by atoms with Gasteiger partial charge >= 0.3 is 0 Å². The van der Waals surface area contributed by atoms with Gasteiger partial charge in [0.15, 0.2) is 0 Å². The average molecular weight is 194 g/mol. The Morgan fingerprint density at radius 1 is 1.29 bits per heavy atom. The van der Waals surface area contributed by atoms with Gasteiger partial charge in [-0.3, -0.25) is 5.43 Å². The summed E-state index contributed by atoms with van der Waals surface area (Å²) in [4.78, 5) is 3.96. The molecule has 1 aromatic carbocycles. The van der Waals surface area contributed by atoms with E-state index in [4.69, 9.17) is 16.7 Å². The molecule has 0 atom stereocenters. The van der Waals surface area contributed by atoms with Crippen molar-refractivity contribution in [3.05, 3.63) is 35.4 Å². The first-order chi connectivity index (χ1) is 6.76. The number of hydrogen-bond donors (Lipinski definition) is 4. The zero-order chi connectivity index (χ0) is 10.4. The lowest BCUT2D eigenvalue weighted by Gasteiger charge is -2.00. The van der Waals surface area contributed by atoms with Crippen LogP contribution < -0.4 is 17.0 Å². The van der Waals surface area contributed by atoms with Gasteiger partial charge in [-0.25, -0.2) is 10.8 Å². The largest absolute Gasteiger partial charge is 0.392 e. The van der Waals surface area contributed by atoms with E-state index in [1.807, 2.05) is 24.3 Å². The molecule has 0 aliphatic rings. The lowest BCUT2D eigenvalue weighted by molar-refractivity contribution is 0.282. The van der Waals surface area contributed by atoms with Crippen LogP contribution in [0.3, 0.4) is 0 Å².